The molecule has 0 heterocycles. The van der Waals surface area contributed by atoms with Gasteiger partial charge in [-0.1, -0.05) is 290 Å². The van der Waals surface area contributed by atoms with Crippen molar-refractivity contribution < 1.29 is 33.8 Å². The van der Waals surface area contributed by atoms with E-state index < -0.39 is 6.89 Å². The molecule has 0 unspecified atom stereocenters. The summed E-state index contributed by atoms with van der Waals surface area (Å²) >= 11 is 0. The van der Waals surface area contributed by atoms with Crippen LogP contribution in [0, 0.1) is 0 Å². The van der Waals surface area contributed by atoms with Gasteiger partial charge in [-0.2, -0.15) is 0 Å². The normalized spacial score (nSPS) is 11.1. The molecule has 8 heteroatoms. The van der Waals surface area contributed by atoms with E-state index in [1.165, 1.54) is 27.8 Å². The van der Waals surface area contributed by atoms with Gasteiger partial charge in [-0.15, -0.1) is 0 Å². The number of hydrogen-bond acceptors (Lipinski definition) is 7. The Bertz CT molecular complexity index is 3270. The summed E-state index contributed by atoms with van der Waals surface area (Å²) < 4.78 is 10.3. The van der Waals surface area contributed by atoms with Crippen molar-refractivity contribution in [2.75, 3.05) is 19.8 Å². The Labute approximate surface area is 520 Å². The maximum atomic E-state index is 12.9. The number of hydrogen-bond donors (Lipinski definition) is 1. The zero-order valence-corrected chi connectivity index (χ0v) is 53.1. The number of rotatable bonds is 20. The number of benzene rings is 8. The first kappa shape index (κ1) is 72.3. The minimum Gasteiger partial charge on any atom is -0.463 e. The molecule has 87 heavy (non-hydrogen) atoms. The van der Waals surface area contributed by atoms with Crippen molar-refractivity contribution in [3.63, 3.8) is 0 Å². The SMILES string of the molecule is C/C(=C\Cc1ccccc1)CO.C/C(C=O)=C\Cc1ccccc1.C/C=C\C(C)=C\Cc1ccccc1.CCOC(=O)/C(C)=C/Cc1ccccc1.CCOC(=O)C(C)=P(c1ccccc1)(c1ccccc1)c1ccccc1.O=CCc1ccccc1. The first-order chi connectivity index (χ1) is 42.4. The highest BCUT2D eigenvalue weighted by atomic mass is 31.2. The maximum Gasteiger partial charge on any atom is 0.334 e. The molecule has 0 aromatic heterocycles. The molecule has 0 fully saturated rings. The molecule has 8 aromatic carbocycles. The van der Waals surface area contributed by atoms with Crippen LogP contribution in [0.2, 0.25) is 0 Å². The molecule has 0 spiro atoms. The maximum absolute atomic E-state index is 12.9. The summed E-state index contributed by atoms with van der Waals surface area (Å²) in [6.45, 7) is 13.9. The molecule has 8 aromatic rings. The van der Waals surface area contributed by atoms with E-state index >= 15 is 0 Å². The van der Waals surface area contributed by atoms with Crippen LogP contribution >= 0.6 is 6.89 Å². The molecular weight excluding hydrogens is 1090 g/mol. The summed E-state index contributed by atoms with van der Waals surface area (Å²) in [5.41, 5.74) is 9.97. The van der Waals surface area contributed by atoms with Gasteiger partial charge in [-0.05, 0) is 137 Å². The summed E-state index contributed by atoms with van der Waals surface area (Å²) in [5.74, 6) is -0.453. The van der Waals surface area contributed by atoms with E-state index in [1.807, 2.05) is 211 Å². The van der Waals surface area contributed by atoms with Gasteiger partial charge in [0, 0.05) is 17.3 Å². The predicted octanol–water partition coefficient (Wildman–Crippen LogP) is 16.2. The largest absolute Gasteiger partial charge is 0.463 e. The van der Waals surface area contributed by atoms with E-state index in [2.05, 4.69) is 116 Å². The van der Waals surface area contributed by atoms with Crippen LogP contribution in [-0.2, 0) is 60.8 Å². The third kappa shape index (κ3) is 28.6. The molecule has 0 saturated carbocycles. The third-order valence-corrected chi connectivity index (χ3v) is 17.6. The number of carbonyl (C=O) groups excluding carboxylic acids is 4. The van der Waals surface area contributed by atoms with Crippen LogP contribution in [-0.4, -0.2) is 54.7 Å². The van der Waals surface area contributed by atoms with Gasteiger partial charge in [0.05, 0.1) is 19.8 Å². The van der Waals surface area contributed by atoms with Crippen LogP contribution in [0.1, 0.15) is 83.2 Å². The Morgan fingerprint density at radius 3 is 1.01 bits per heavy atom. The number of aldehydes is 2. The van der Waals surface area contributed by atoms with Crippen molar-refractivity contribution in [3.8, 4) is 0 Å². The fourth-order valence-electron chi connectivity index (χ4n) is 8.41. The smallest absolute Gasteiger partial charge is 0.334 e. The van der Waals surface area contributed by atoms with Crippen molar-refractivity contribution in [1.29, 1.82) is 0 Å². The van der Waals surface area contributed by atoms with E-state index in [1.54, 1.807) is 6.92 Å². The molecule has 452 valence electrons. The molecule has 0 atom stereocenters. The molecule has 8 rings (SSSR count). The monoisotopic (exact) mass is 1180 g/mol. The Kier molecular flexibility index (Phi) is 36.9. The van der Waals surface area contributed by atoms with Gasteiger partial charge in [-0.25, -0.2) is 9.59 Å². The van der Waals surface area contributed by atoms with E-state index in [0.29, 0.717) is 25.2 Å². The van der Waals surface area contributed by atoms with E-state index in [9.17, 15) is 19.2 Å². The van der Waals surface area contributed by atoms with Gasteiger partial charge >= 0.3 is 11.9 Å². The summed E-state index contributed by atoms with van der Waals surface area (Å²) in [6.07, 6.45) is 18.2. The fraction of sp³-hybridized carbons (Fsp3) is 0.203. The van der Waals surface area contributed by atoms with Gasteiger partial charge in [0.15, 0.2) is 0 Å². The molecule has 0 bridgehead atoms. The van der Waals surface area contributed by atoms with Gasteiger partial charge in [-0.3, -0.25) is 4.79 Å². The minimum absolute atomic E-state index is 0.160. The molecule has 0 aliphatic rings. The molecule has 0 amide bonds. The molecule has 1 N–H and O–H groups in total. The van der Waals surface area contributed by atoms with Crippen LogP contribution < -0.4 is 15.9 Å². The van der Waals surface area contributed by atoms with Crippen LogP contribution in [0.15, 0.2) is 301 Å². The van der Waals surface area contributed by atoms with Crippen molar-refractivity contribution in [2.45, 2.75) is 87.5 Å². The number of aliphatic hydroxyl groups excluding tert-OH is 1. The van der Waals surface area contributed by atoms with Crippen LogP contribution in [0.4, 0.5) is 0 Å². The van der Waals surface area contributed by atoms with Crippen LogP contribution in [0.5, 0.6) is 0 Å². The lowest BCUT2D eigenvalue weighted by Gasteiger charge is -2.31. The number of esters is 2. The standard InChI is InChI=1S/C23H23O2P.C13H16O2.C13H16.C11H14O.C11H12O.C8H8O/c1-3-25-23(24)19(2)26(20-13-7-4-8-14-20,21-15-9-5-10-16-21)22-17-11-6-12-18-22;1-3-15-13(14)11(2)9-10-12-7-5-4-6-8-12;1-3-7-12(2)10-11-13-8-5-4-6-9-13;2*1-10(9-12)7-8-11-5-3-2-4-6-11;9-7-6-8-4-2-1-3-5-8/h4-18H,3H2,1-2H3;4-9H,3,10H2,1-2H3;3-10H,11H2,1-2H3;2-7,12H,8-9H2,1H3;2-7,9H,8H2,1H3;1-5,7H,6H2/b;11-9+;7-3-,12-10+;2*10-7+;. The zero-order chi connectivity index (χ0) is 63.2. The van der Waals surface area contributed by atoms with E-state index in [-0.39, 0.29) is 18.5 Å². The molecule has 7 nitrogen and oxygen atoms in total. The first-order valence-corrected chi connectivity index (χ1v) is 31.4. The summed E-state index contributed by atoms with van der Waals surface area (Å²) in [4.78, 5) is 44.4. The Balaban J connectivity index is 0.000000284. The van der Waals surface area contributed by atoms with E-state index in [4.69, 9.17) is 14.6 Å². The second-order valence-electron chi connectivity index (χ2n) is 19.9. The molecule has 0 saturated heterocycles. The van der Waals surface area contributed by atoms with Gasteiger partial charge in [0.1, 0.15) is 12.6 Å². The zero-order valence-electron chi connectivity index (χ0n) is 52.2. The molecular formula is C79H89O7P. The highest BCUT2D eigenvalue weighted by molar-refractivity contribution is 7.96. The van der Waals surface area contributed by atoms with Gasteiger partial charge in [0.25, 0.3) is 0 Å². The average molecular weight is 1180 g/mol. The summed E-state index contributed by atoms with van der Waals surface area (Å²) in [6, 6.07) is 81.5. The Morgan fingerprint density at radius 1 is 0.402 bits per heavy atom. The highest BCUT2D eigenvalue weighted by Gasteiger charge is 2.31. The number of aliphatic hydroxyl groups is 1. The van der Waals surface area contributed by atoms with Crippen LogP contribution in [0.3, 0.4) is 0 Å². The van der Waals surface area contributed by atoms with Crippen molar-refractivity contribution in [3.05, 3.63) is 329 Å². The lowest BCUT2D eigenvalue weighted by atomic mass is 10.1. The van der Waals surface area contributed by atoms with E-state index in [0.717, 1.165) is 76.2 Å². The summed E-state index contributed by atoms with van der Waals surface area (Å²) in [5, 5.41) is 13.0. The number of ether oxygens (including phenoxy) is 2. The number of allylic oxidation sites excluding steroid dienone is 8. The van der Waals surface area contributed by atoms with Crippen molar-refractivity contribution in [2.24, 2.45) is 0 Å². The fourth-order valence-corrected chi connectivity index (χ4v) is 12.7. The Hall–Kier alpha value is -9.00. The highest BCUT2D eigenvalue weighted by Crippen LogP contribution is 2.46. The Morgan fingerprint density at radius 2 is 0.701 bits per heavy atom. The van der Waals surface area contributed by atoms with Gasteiger partial charge in [0.2, 0.25) is 0 Å². The molecule has 0 aliphatic heterocycles. The first-order valence-electron chi connectivity index (χ1n) is 29.6. The minimum atomic E-state index is -2.29. The topological polar surface area (TPSA) is 107 Å². The second-order valence-corrected chi connectivity index (χ2v) is 23.5. The van der Waals surface area contributed by atoms with Crippen LogP contribution in [0.25, 0.3) is 0 Å². The van der Waals surface area contributed by atoms with Gasteiger partial charge < -0.3 is 19.4 Å². The van der Waals surface area contributed by atoms with Crippen molar-refractivity contribution >= 4 is 52.6 Å². The third-order valence-electron chi connectivity index (χ3n) is 13.1. The predicted molar refractivity (Wildman–Crippen MR) is 369 cm³/mol. The quantitative estimate of drug-likeness (QED) is 0.0202. The second kappa shape index (κ2) is 44.5. The lowest BCUT2D eigenvalue weighted by Crippen LogP contribution is -2.33. The summed E-state index contributed by atoms with van der Waals surface area (Å²) in [7, 11) is 0. The lowest BCUT2D eigenvalue weighted by molar-refractivity contribution is -0.138. The average Bonchev–Trinajstić information content (AvgIpc) is 0.843. The molecule has 0 radical (unpaired) electrons. The molecule has 0 aliphatic carbocycles. The van der Waals surface area contributed by atoms with Crippen molar-refractivity contribution in [1.82, 2.24) is 0 Å². The number of carbonyl (C=O) groups is 4.